The van der Waals surface area contributed by atoms with Crippen LogP contribution in [0.1, 0.15) is 30.0 Å². The molecule has 0 saturated heterocycles. The smallest absolute Gasteiger partial charge is 0.119 e. The fourth-order valence-corrected chi connectivity index (χ4v) is 2.26. The molecule has 0 spiro atoms. The van der Waals surface area contributed by atoms with Crippen molar-refractivity contribution in [2.45, 2.75) is 33.3 Å². The first kappa shape index (κ1) is 15.6. The van der Waals surface area contributed by atoms with Gasteiger partial charge in [0.15, 0.2) is 0 Å². The molecule has 0 bridgehead atoms. The molecule has 21 heavy (non-hydrogen) atoms. The molecule has 0 atom stereocenters. The van der Waals surface area contributed by atoms with Crippen molar-refractivity contribution in [3.63, 3.8) is 0 Å². The van der Waals surface area contributed by atoms with E-state index >= 15 is 0 Å². The van der Waals surface area contributed by atoms with E-state index < -0.39 is 0 Å². The third-order valence-electron chi connectivity index (χ3n) is 3.53. The van der Waals surface area contributed by atoms with Gasteiger partial charge in [-0.25, -0.2) is 0 Å². The highest BCUT2D eigenvalue weighted by Crippen LogP contribution is 2.16. The molecule has 0 saturated carbocycles. The van der Waals surface area contributed by atoms with Crippen LogP contribution in [0, 0.1) is 6.92 Å². The van der Waals surface area contributed by atoms with E-state index in [1.54, 1.807) is 0 Å². The summed E-state index contributed by atoms with van der Waals surface area (Å²) in [6.45, 7) is 7.02. The van der Waals surface area contributed by atoms with Crippen molar-refractivity contribution in [3.05, 3.63) is 65.2 Å². The average molecular weight is 283 g/mol. The topological polar surface area (TPSA) is 21.3 Å². The Hall–Kier alpha value is -1.80. The molecule has 112 valence electrons. The number of nitrogens with one attached hydrogen (secondary N) is 1. The third-order valence-corrected chi connectivity index (χ3v) is 3.53. The molecule has 2 aromatic rings. The lowest BCUT2D eigenvalue weighted by atomic mass is 10.1. The van der Waals surface area contributed by atoms with Crippen LogP contribution in [0.4, 0.5) is 0 Å². The van der Waals surface area contributed by atoms with Gasteiger partial charge in [0.1, 0.15) is 12.4 Å². The molecule has 2 rings (SSSR count). The number of rotatable bonds is 8. The van der Waals surface area contributed by atoms with Gasteiger partial charge < -0.3 is 10.1 Å². The van der Waals surface area contributed by atoms with Crippen molar-refractivity contribution in [1.29, 1.82) is 0 Å². The summed E-state index contributed by atoms with van der Waals surface area (Å²) < 4.78 is 5.89. The Bertz CT molecular complexity index is 534. The van der Waals surface area contributed by atoms with Crippen LogP contribution in [0.2, 0.25) is 0 Å². The molecule has 0 radical (unpaired) electrons. The number of hydrogen-bond acceptors (Lipinski definition) is 2. The van der Waals surface area contributed by atoms with Gasteiger partial charge in [0.25, 0.3) is 0 Å². The molecule has 0 aliphatic heterocycles. The minimum absolute atomic E-state index is 0.632. The maximum absolute atomic E-state index is 5.89. The second-order valence-corrected chi connectivity index (χ2v) is 5.37. The second kappa shape index (κ2) is 8.48. The van der Waals surface area contributed by atoms with Crippen LogP contribution in [-0.2, 0) is 13.0 Å². The maximum Gasteiger partial charge on any atom is 0.119 e. The van der Waals surface area contributed by atoms with Gasteiger partial charge in [-0.2, -0.15) is 0 Å². The molecule has 0 fully saturated rings. The molecule has 1 N–H and O–H groups in total. The highest BCUT2D eigenvalue weighted by Gasteiger charge is 2.03. The van der Waals surface area contributed by atoms with Gasteiger partial charge in [0.05, 0.1) is 0 Å². The molecular formula is C19H25NO. The number of ether oxygens (including phenoxy) is 1. The quantitative estimate of drug-likeness (QED) is 0.736. The van der Waals surface area contributed by atoms with Crippen molar-refractivity contribution < 1.29 is 4.74 Å². The first-order chi connectivity index (χ1) is 10.3. The van der Waals surface area contributed by atoms with E-state index in [1.807, 2.05) is 12.1 Å². The van der Waals surface area contributed by atoms with Crippen LogP contribution in [0.3, 0.4) is 0 Å². The standard InChI is InChI=1S/C19H25NO/c1-3-13-20-14-12-17-6-4-5-7-18(17)15-21-19-10-8-16(2)9-11-19/h4-11,20H,3,12-15H2,1-2H3. The number of hydrogen-bond donors (Lipinski definition) is 1. The predicted octanol–water partition coefficient (Wildman–Crippen LogP) is 4.12. The highest BCUT2D eigenvalue weighted by atomic mass is 16.5. The van der Waals surface area contributed by atoms with E-state index in [4.69, 9.17) is 4.74 Å². The summed E-state index contributed by atoms with van der Waals surface area (Å²) in [5, 5.41) is 3.45. The summed E-state index contributed by atoms with van der Waals surface area (Å²) in [6, 6.07) is 16.7. The van der Waals surface area contributed by atoms with Gasteiger partial charge >= 0.3 is 0 Å². The summed E-state index contributed by atoms with van der Waals surface area (Å²) in [5.74, 6) is 0.930. The van der Waals surface area contributed by atoms with Crippen molar-refractivity contribution >= 4 is 0 Å². The molecule has 0 amide bonds. The summed E-state index contributed by atoms with van der Waals surface area (Å²) in [6.07, 6.45) is 2.23. The largest absolute Gasteiger partial charge is 0.489 e. The van der Waals surface area contributed by atoms with E-state index in [0.29, 0.717) is 6.61 Å². The number of aryl methyl sites for hydroxylation is 1. The van der Waals surface area contributed by atoms with Crippen LogP contribution in [0.15, 0.2) is 48.5 Å². The van der Waals surface area contributed by atoms with Crippen LogP contribution in [-0.4, -0.2) is 13.1 Å². The predicted molar refractivity (Wildman–Crippen MR) is 88.8 cm³/mol. The van der Waals surface area contributed by atoms with Gasteiger partial charge in [-0.15, -0.1) is 0 Å². The minimum Gasteiger partial charge on any atom is -0.489 e. The molecule has 0 aliphatic carbocycles. The summed E-state index contributed by atoms with van der Waals surface area (Å²) in [7, 11) is 0. The Morgan fingerprint density at radius 3 is 2.33 bits per heavy atom. The molecule has 2 aromatic carbocycles. The summed E-state index contributed by atoms with van der Waals surface area (Å²) in [4.78, 5) is 0. The first-order valence-electron chi connectivity index (χ1n) is 7.76. The zero-order valence-electron chi connectivity index (χ0n) is 13.1. The van der Waals surface area contributed by atoms with Gasteiger partial charge in [0.2, 0.25) is 0 Å². The SMILES string of the molecule is CCCNCCc1ccccc1COc1ccc(C)cc1. The maximum atomic E-state index is 5.89. The Kier molecular flexibility index (Phi) is 6.29. The van der Waals surface area contributed by atoms with E-state index in [1.165, 1.54) is 23.1 Å². The Morgan fingerprint density at radius 1 is 0.905 bits per heavy atom. The monoisotopic (exact) mass is 283 g/mol. The Morgan fingerprint density at radius 2 is 1.62 bits per heavy atom. The van der Waals surface area contributed by atoms with Gasteiger partial charge in [0, 0.05) is 0 Å². The third kappa shape index (κ3) is 5.24. The molecule has 0 aromatic heterocycles. The van der Waals surface area contributed by atoms with Gasteiger partial charge in [-0.1, -0.05) is 48.9 Å². The molecule has 0 unspecified atom stereocenters. The second-order valence-electron chi connectivity index (χ2n) is 5.37. The Balaban J connectivity index is 1.91. The van der Waals surface area contributed by atoms with E-state index in [9.17, 15) is 0 Å². The molecular weight excluding hydrogens is 258 g/mol. The van der Waals surface area contributed by atoms with Gasteiger partial charge in [-0.3, -0.25) is 0 Å². The highest BCUT2D eigenvalue weighted by molar-refractivity contribution is 5.29. The van der Waals surface area contributed by atoms with Crippen LogP contribution in [0.5, 0.6) is 5.75 Å². The summed E-state index contributed by atoms with van der Waals surface area (Å²) >= 11 is 0. The van der Waals surface area contributed by atoms with Crippen molar-refractivity contribution in [2.75, 3.05) is 13.1 Å². The lowest BCUT2D eigenvalue weighted by Gasteiger charge is -2.11. The van der Waals surface area contributed by atoms with Crippen molar-refractivity contribution in [3.8, 4) is 5.75 Å². The zero-order chi connectivity index (χ0) is 14.9. The van der Waals surface area contributed by atoms with Crippen LogP contribution >= 0.6 is 0 Å². The van der Waals surface area contributed by atoms with Crippen LogP contribution < -0.4 is 10.1 Å². The van der Waals surface area contributed by atoms with Crippen molar-refractivity contribution in [2.24, 2.45) is 0 Å². The normalized spacial score (nSPS) is 10.6. The first-order valence-corrected chi connectivity index (χ1v) is 7.76. The van der Waals surface area contributed by atoms with Gasteiger partial charge in [-0.05, 0) is 56.1 Å². The lowest BCUT2D eigenvalue weighted by Crippen LogP contribution is -2.18. The molecule has 2 nitrogen and oxygen atoms in total. The zero-order valence-corrected chi connectivity index (χ0v) is 13.1. The average Bonchev–Trinajstić information content (AvgIpc) is 2.52. The minimum atomic E-state index is 0.632. The fourth-order valence-electron chi connectivity index (χ4n) is 2.26. The van der Waals surface area contributed by atoms with Crippen molar-refractivity contribution in [1.82, 2.24) is 5.32 Å². The molecule has 0 aliphatic rings. The number of benzene rings is 2. The van der Waals surface area contributed by atoms with Crippen LogP contribution in [0.25, 0.3) is 0 Å². The Labute approximate surface area is 128 Å². The fraction of sp³-hybridized carbons (Fsp3) is 0.368. The van der Waals surface area contributed by atoms with E-state index in [0.717, 1.165) is 25.3 Å². The van der Waals surface area contributed by atoms with E-state index in [-0.39, 0.29) is 0 Å². The molecule has 2 heteroatoms. The van der Waals surface area contributed by atoms with E-state index in [2.05, 4.69) is 55.6 Å². The summed E-state index contributed by atoms with van der Waals surface area (Å²) in [5.41, 5.74) is 3.90. The lowest BCUT2D eigenvalue weighted by molar-refractivity contribution is 0.305. The molecule has 0 heterocycles.